The lowest BCUT2D eigenvalue weighted by Gasteiger charge is -2.16. The minimum atomic E-state index is -0.621. The molecular weight excluding hydrogens is 452 g/mol. The molecule has 0 saturated heterocycles. The van der Waals surface area contributed by atoms with Gasteiger partial charge < -0.3 is 29.8 Å². The number of aromatic nitrogens is 1. The molecule has 3 amide bonds. The number of carbonyl (C=O) groups excluding carboxylic acids is 3. The van der Waals surface area contributed by atoms with Crippen molar-refractivity contribution in [3.05, 3.63) is 66.2 Å². The van der Waals surface area contributed by atoms with Crippen LogP contribution in [-0.4, -0.2) is 35.8 Å². The first-order chi connectivity index (χ1) is 16.8. The Morgan fingerprint density at radius 3 is 2.51 bits per heavy atom. The average Bonchev–Trinajstić information content (AvgIpc) is 3.35. The normalized spacial score (nSPS) is 11.3. The largest absolute Gasteiger partial charge is 0.462 e. The van der Waals surface area contributed by atoms with Crippen molar-refractivity contribution in [3.8, 4) is 11.3 Å². The minimum Gasteiger partial charge on any atom is -0.462 e. The molecule has 0 aliphatic carbocycles. The van der Waals surface area contributed by atoms with Crippen LogP contribution in [0.5, 0.6) is 0 Å². The van der Waals surface area contributed by atoms with E-state index < -0.39 is 24.2 Å². The van der Waals surface area contributed by atoms with Crippen LogP contribution < -0.4 is 16.0 Å². The minimum absolute atomic E-state index is 0.01000. The van der Waals surface area contributed by atoms with Crippen molar-refractivity contribution in [2.45, 2.75) is 39.8 Å². The number of oxazole rings is 1. The number of anilines is 2. The summed E-state index contributed by atoms with van der Waals surface area (Å²) in [6.07, 6.45) is 2.37. The summed E-state index contributed by atoms with van der Waals surface area (Å²) in [5.41, 5.74) is 3.77. The molecule has 0 saturated carbocycles. The van der Waals surface area contributed by atoms with Crippen LogP contribution >= 0.6 is 0 Å². The van der Waals surface area contributed by atoms with Gasteiger partial charge in [-0.3, -0.25) is 4.79 Å². The molecule has 1 heterocycles. The summed E-state index contributed by atoms with van der Waals surface area (Å²) in [5.74, 6) is 0.224. The second kappa shape index (κ2) is 12.2. The van der Waals surface area contributed by atoms with Crippen molar-refractivity contribution in [1.29, 1.82) is 0 Å². The van der Waals surface area contributed by atoms with Gasteiger partial charge in [0, 0.05) is 30.4 Å². The van der Waals surface area contributed by atoms with Crippen LogP contribution in [0, 0.1) is 6.92 Å². The van der Waals surface area contributed by atoms with Crippen molar-refractivity contribution in [2.75, 3.05) is 17.2 Å². The van der Waals surface area contributed by atoms with Gasteiger partial charge in [-0.25, -0.2) is 14.6 Å². The van der Waals surface area contributed by atoms with Gasteiger partial charge in [-0.2, -0.15) is 0 Å². The van der Waals surface area contributed by atoms with E-state index in [1.807, 2.05) is 32.0 Å². The third-order valence-electron chi connectivity index (χ3n) is 5.01. The first-order valence-corrected chi connectivity index (χ1v) is 11.1. The number of rotatable bonds is 9. The van der Waals surface area contributed by atoms with Crippen molar-refractivity contribution < 1.29 is 28.3 Å². The highest BCUT2D eigenvalue weighted by molar-refractivity contribution is 6.00. The lowest BCUT2D eigenvalue weighted by atomic mass is 10.1. The van der Waals surface area contributed by atoms with Crippen molar-refractivity contribution >= 4 is 29.5 Å². The molecule has 3 rings (SSSR count). The van der Waals surface area contributed by atoms with E-state index in [0.29, 0.717) is 23.6 Å². The summed E-state index contributed by atoms with van der Waals surface area (Å²) >= 11 is 0. The summed E-state index contributed by atoms with van der Waals surface area (Å²) in [7, 11) is 0. The summed E-state index contributed by atoms with van der Waals surface area (Å²) < 4.78 is 15.5. The van der Waals surface area contributed by atoms with Gasteiger partial charge in [0.05, 0.1) is 6.20 Å². The fourth-order valence-corrected chi connectivity index (χ4v) is 3.23. The van der Waals surface area contributed by atoms with Gasteiger partial charge in [0.1, 0.15) is 12.7 Å². The number of esters is 1. The predicted octanol–water partition coefficient (Wildman–Crippen LogP) is 4.86. The number of aryl methyl sites for hydroxylation is 1. The molecule has 3 N–H and O–H groups in total. The smallest absolute Gasteiger partial charge is 0.407 e. The number of ether oxygens (including phenoxy) is 2. The molecule has 35 heavy (non-hydrogen) atoms. The number of benzene rings is 2. The zero-order valence-electron chi connectivity index (χ0n) is 19.8. The molecule has 184 valence electrons. The van der Waals surface area contributed by atoms with E-state index in [4.69, 9.17) is 13.9 Å². The molecule has 0 bridgehead atoms. The molecule has 3 aromatic rings. The van der Waals surface area contributed by atoms with Crippen LogP contribution in [0.1, 0.15) is 31.4 Å². The monoisotopic (exact) mass is 480 g/mol. The SMILES string of the molecule is CC[C@H](COC(C)=O)OC(=O)NCc1cccc(NC(=O)Nc2ccc(-c3cnco3)c(C)c2)c1. The Bertz CT molecular complexity index is 1160. The lowest BCUT2D eigenvalue weighted by molar-refractivity contribution is -0.144. The van der Waals surface area contributed by atoms with E-state index in [1.54, 1.807) is 30.5 Å². The Balaban J connectivity index is 1.50. The summed E-state index contributed by atoms with van der Waals surface area (Å²) in [6, 6.07) is 12.1. The highest BCUT2D eigenvalue weighted by Gasteiger charge is 2.14. The molecule has 1 aromatic heterocycles. The van der Waals surface area contributed by atoms with Gasteiger partial charge in [0.25, 0.3) is 0 Å². The number of nitrogens with zero attached hydrogens (tertiary/aromatic N) is 1. The molecule has 0 fully saturated rings. The third kappa shape index (κ3) is 7.88. The van der Waals surface area contributed by atoms with E-state index in [1.165, 1.54) is 13.3 Å². The maximum Gasteiger partial charge on any atom is 0.407 e. The average molecular weight is 481 g/mol. The summed E-state index contributed by atoms with van der Waals surface area (Å²) in [5, 5.41) is 8.23. The van der Waals surface area contributed by atoms with Gasteiger partial charge in [0.15, 0.2) is 12.2 Å². The van der Waals surface area contributed by atoms with Crippen LogP contribution in [0.2, 0.25) is 0 Å². The van der Waals surface area contributed by atoms with Gasteiger partial charge in [-0.15, -0.1) is 0 Å². The Morgan fingerprint density at radius 1 is 1.09 bits per heavy atom. The molecule has 0 spiro atoms. The van der Waals surface area contributed by atoms with Gasteiger partial charge in [0.2, 0.25) is 0 Å². The van der Waals surface area contributed by atoms with E-state index in [9.17, 15) is 14.4 Å². The third-order valence-corrected chi connectivity index (χ3v) is 5.01. The fraction of sp³-hybridized carbons (Fsp3) is 0.280. The first-order valence-electron chi connectivity index (χ1n) is 11.1. The topological polar surface area (TPSA) is 132 Å². The molecule has 2 aromatic carbocycles. The molecule has 1 atom stereocenters. The fourth-order valence-electron chi connectivity index (χ4n) is 3.23. The van der Waals surface area contributed by atoms with Crippen LogP contribution in [0.25, 0.3) is 11.3 Å². The predicted molar refractivity (Wildman–Crippen MR) is 130 cm³/mol. The molecule has 0 aliphatic heterocycles. The Hall–Kier alpha value is -4.34. The van der Waals surface area contributed by atoms with Crippen LogP contribution in [-0.2, 0) is 20.8 Å². The lowest BCUT2D eigenvalue weighted by Crippen LogP contribution is -2.31. The van der Waals surface area contributed by atoms with E-state index >= 15 is 0 Å². The number of urea groups is 1. The standard InChI is InChI=1S/C25H28N4O6/c1-4-21(14-33-17(3)30)35-25(32)27-12-18-6-5-7-19(11-18)28-24(31)29-20-8-9-22(16(2)10-20)23-13-26-15-34-23/h5-11,13,15,21H,4,12,14H2,1-3H3,(H,27,32)(H2,28,29,31)/t21-/m1/s1. The van der Waals surface area contributed by atoms with Gasteiger partial charge in [-0.1, -0.05) is 19.1 Å². The molecular formula is C25H28N4O6. The van der Waals surface area contributed by atoms with Crippen molar-refractivity contribution in [1.82, 2.24) is 10.3 Å². The van der Waals surface area contributed by atoms with E-state index in [-0.39, 0.29) is 13.2 Å². The number of nitrogens with one attached hydrogen (secondary N) is 3. The Morgan fingerprint density at radius 2 is 1.86 bits per heavy atom. The summed E-state index contributed by atoms with van der Waals surface area (Å²) in [4.78, 5) is 39.4. The zero-order chi connectivity index (χ0) is 25.2. The zero-order valence-corrected chi connectivity index (χ0v) is 19.8. The molecule has 0 unspecified atom stereocenters. The highest BCUT2D eigenvalue weighted by Crippen LogP contribution is 2.25. The van der Waals surface area contributed by atoms with E-state index in [2.05, 4.69) is 20.9 Å². The second-order valence-corrected chi connectivity index (χ2v) is 7.77. The molecule has 0 radical (unpaired) electrons. The number of alkyl carbamates (subject to hydrolysis) is 1. The maximum absolute atomic E-state index is 12.5. The maximum atomic E-state index is 12.5. The second-order valence-electron chi connectivity index (χ2n) is 7.77. The van der Waals surface area contributed by atoms with Crippen molar-refractivity contribution in [2.24, 2.45) is 0 Å². The Kier molecular flexibility index (Phi) is 8.82. The Labute approximate surface area is 203 Å². The molecule has 10 heteroatoms. The highest BCUT2D eigenvalue weighted by atomic mass is 16.6. The van der Waals surface area contributed by atoms with Gasteiger partial charge in [-0.05, 0) is 54.8 Å². The van der Waals surface area contributed by atoms with Crippen LogP contribution in [0.4, 0.5) is 21.0 Å². The molecule has 10 nitrogen and oxygen atoms in total. The van der Waals surface area contributed by atoms with Crippen LogP contribution in [0.3, 0.4) is 0 Å². The first kappa shape index (κ1) is 25.3. The quantitative estimate of drug-likeness (QED) is 0.373. The number of hydrogen-bond acceptors (Lipinski definition) is 7. The van der Waals surface area contributed by atoms with Crippen molar-refractivity contribution in [3.63, 3.8) is 0 Å². The van der Waals surface area contributed by atoms with Gasteiger partial charge >= 0.3 is 18.1 Å². The molecule has 0 aliphatic rings. The summed E-state index contributed by atoms with van der Waals surface area (Å²) in [6.45, 7) is 5.25. The number of carbonyl (C=O) groups is 3. The number of amides is 3. The number of hydrogen-bond donors (Lipinski definition) is 3. The van der Waals surface area contributed by atoms with E-state index in [0.717, 1.165) is 16.7 Å². The van der Waals surface area contributed by atoms with Crippen LogP contribution in [0.15, 0.2) is 59.5 Å².